The monoisotopic (exact) mass is 247 g/mol. The van der Waals surface area contributed by atoms with Crippen LogP contribution in [0.15, 0.2) is 30.3 Å². The second-order valence-corrected chi connectivity index (χ2v) is 6.25. The van der Waals surface area contributed by atoms with E-state index in [4.69, 9.17) is 0 Å². The molecule has 0 bridgehead atoms. The third-order valence-electron chi connectivity index (χ3n) is 4.16. The van der Waals surface area contributed by atoms with E-state index in [1.165, 1.54) is 31.2 Å². The molecule has 0 spiro atoms. The molecular weight excluding hydrogens is 222 g/mol. The number of benzene rings is 1. The summed E-state index contributed by atoms with van der Waals surface area (Å²) in [7, 11) is 0. The van der Waals surface area contributed by atoms with Crippen molar-refractivity contribution >= 4 is 0 Å². The number of nitrogens with one attached hydrogen (secondary N) is 1. The Morgan fingerprint density at radius 3 is 2.39 bits per heavy atom. The predicted octanol–water partition coefficient (Wildman–Crippen LogP) is 3.28. The Labute approximate surface area is 110 Å². The summed E-state index contributed by atoms with van der Waals surface area (Å²) in [5.74, 6) is 0. The second kappa shape index (κ2) is 5.85. The molecule has 0 aromatic heterocycles. The lowest BCUT2D eigenvalue weighted by Gasteiger charge is -2.36. The molecule has 2 heteroatoms. The molecule has 1 fully saturated rings. The summed E-state index contributed by atoms with van der Waals surface area (Å²) >= 11 is 0. The van der Waals surface area contributed by atoms with E-state index < -0.39 is 0 Å². The van der Waals surface area contributed by atoms with Gasteiger partial charge in [0.05, 0.1) is 12.6 Å². The van der Waals surface area contributed by atoms with Crippen molar-refractivity contribution in [2.75, 3.05) is 6.61 Å². The molecule has 0 aliphatic heterocycles. The van der Waals surface area contributed by atoms with Crippen LogP contribution in [0.2, 0.25) is 0 Å². The van der Waals surface area contributed by atoms with E-state index in [0.29, 0.717) is 11.5 Å². The van der Waals surface area contributed by atoms with Crippen LogP contribution in [0.3, 0.4) is 0 Å². The highest BCUT2D eigenvalue weighted by Gasteiger charge is 2.27. The molecular formula is C16H25NO. The molecule has 1 atom stereocenters. The molecule has 1 aromatic rings. The van der Waals surface area contributed by atoms with Crippen LogP contribution in [0.25, 0.3) is 0 Å². The van der Waals surface area contributed by atoms with E-state index >= 15 is 0 Å². The SMILES string of the molecule is CC1(C)CCC(N[C@H](CO)c2ccccc2)CC1. The minimum Gasteiger partial charge on any atom is -0.394 e. The van der Waals surface area contributed by atoms with Crippen LogP contribution >= 0.6 is 0 Å². The highest BCUT2D eigenvalue weighted by Crippen LogP contribution is 2.35. The van der Waals surface area contributed by atoms with Crippen molar-refractivity contribution in [2.24, 2.45) is 5.41 Å². The van der Waals surface area contributed by atoms with Crippen LogP contribution in [-0.4, -0.2) is 17.8 Å². The first-order valence-electron chi connectivity index (χ1n) is 7.02. The van der Waals surface area contributed by atoms with Crippen LogP contribution in [0, 0.1) is 5.41 Å². The Bertz CT molecular complexity index is 351. The lowest BCUT2D eigenvalue weighted by atomic mass is 9.75. The Kier molecular flexibility index (Phi) is 4.41. The summed E-state index contributed by atoms with van der Waals surface area (Å²) in [5, 5.41) is 13.2. The molecule has 100 valence electrons. The topological polar surface area (TPSA) is 32.3 Å². The quantitative estimate of drug-likeness (QED) is 0.856. The smallest absolute Gasteiger partial charge is 0.0626 e. The normalized spacial score (nSPS) is 21.7. The summed E-state index contributed by atoms with van der Waals surface area (Å²) in [5.41, 5.74) is 1.68. The van der Waals surface area contributed by atoms with Gasteiger partial charge in [-0.15, -0.1) is 0 Å². The summed E-state index contributed by atoms with van der Waals surface area (Å²) < 4.78 is 0. The lowest BCUT2D eigenvalue weighted by molar-refractivity contribution is 0.175. The van der Waals surface area contributed by atoms with Gasteiger partial charge in [0, 0.05) is 6.04 Å². The summed E-state index contributed by atoms with van der Waals surface area (Å²) in [4.78, 5) is 0. The number of rotatable bonds is 4. The Morgan fingerprint density at radius 1 is 1.22 bits per heavy atom. The zero-order valence-electron chi connectivity index (χ0n) is 11.5. The van der Waals surface area contributed by atoms with Crippen molar-refractivity contribution in [2.45, 2.75) is 51.6 Å². The number of hydrogen-bond acceptors (Lipinski definition) is 2. The van der Waals surface area contributed by atoms with Crippen molar-refractivity contribution in [1.29, 1.82) is 0 Å². The fraction of sp³-hybridized carbons (Fsp3) is 0.625. The van der Waals surface area contributed by atoms with Crippen LogP contribution in [0.4, 0.5) is 0 Å². The van der Waals surface area contributed by atoms with E-state index in [2.05, 4.69) is 31.3 Å². The van der Waals surface area contributed by atoms with Gasteiger partial charge in [0.1, 0.15) is 0 Å². The van der Waals surface area contributed by atoms with E-state index in [9.17, 15) is 5.11 Å². The summed E-state index contributed by atoms with van der Waals surface area (Å²) in [6, 6.07) is 10.9. The number of hydrogen-bond donors (Lipinski definition) is 2. The fourth-order valence-electron chi connectivity index (χ4n) is 2.79. The lowest BCUT2D eigenvalue weighted by Crippen LogP contribution is -2.39. The van der Waals surface area contributed by atoms with E-state index in [0.717, 1.165) is 0 Å². The molecule has 0 heterocycles. The van der Waals surface area contributed by atoms with Gasteiger partial charge in [-0.1, -0.05) is 44.2 Å². The van der Waals surface area contributed by atoms with Crippen molar-refractivity contribution < 1.29 is 5.11 Å². The summed E-state index contributed by atoms with van der Waals surface area (Å²) in [6.45, 7) is 4.87. The van der Waals surface area contributed by atoms with Crippen LogP contribution in [0.1, 0.15) is 51.1 Å². The van der Waals surface area contributed by atoms with Crippen molar-refractivity contribution in [3.63, 3.8) is 0 Å². The molecule has 2 nitrogen and oxygen atoms in total. The van der Waals surface area contributed by atoms with E-state index in [1.54, 1.807) is 0 Å². The average Bonchev–Trinajstić information content (AvgIpc) is 2.39. The van der Waals surface area contributed by atoms with Crippen LogP contribution in [-0.2, 0) is 0 Å². The third kappa shape index (κ3) is 3.56. The Hall–Kier alpha value is -0.860. The molecule has 1 aromatic carbocycles. The first-order valence-corrected chi connectivity index (χ1v) is 7.02. The zero-order valence-corrected chi connectivity index (χ0v) is 11.5. The molecule has 0 radical (unpaired) electrons. The van der Waals surface area contributed by atoms with Crippen molar-refractivity contribution in [3.8, 4) is 0 Å². The van der Waals surface area contributed by atoms with Gasteiger partial charge in [-0.2, -0.15) is 0 Å². The highest BCUT2D eigenvalue weighted by molar-refractivity contribution is 5.19. The molecule has 0 saturated heterocycles. The average molecular weight is 247 g/mol. The number of aliphatic hydroxyl groups excluding tert-OH is 1. The summed E-state index contributed by atoms with van der Waals surface area (Å²) in [6.07, 6.45) is 4.99. The molecule has 18 heavy (non-hydrogen) atoms. The molecule has 2 N–H and O–H groups in total. The minimum atomic E-state index is 0.0809. The largest absolute Gasteiger partial charge is 0.394 e. The molecule has 1 saturated carbocycles. The Balaban J connectivity index is 1.92. The van der Waals surface area contributed by atoms with Gasteiger partial charge in [-0.25, -0.2) is 0 Å². The predicted molar refractivity (Wildman–Crippen MR) is 75.4 cm³/mol. The van der Waals surface area contributed by atoms with Crippen molar-refractivity contribution in [1.82, 2.24) is 5.32 Å². The highest BCUT2D eigenvalue weighted by atomic mass is 16.3. The molecule has 0 amide bonds. The van der Waals surface area contributed by atoms with Crippen LogP contribution in [0.5, 0.6) is 0 Å². The first kappa shape index (κ1) is 13.6. The van der Waals surface area contributed by atoms with Gasteiger partial charge in [-0.05, 0) is 36.7 Å². The maximum absolute atomic E-state index is 9.55. The van der Waals surface area contributed by atoms with Gasteiger partial charge in [0.25, 0.3) is 0 Å². The zero-order chi connectivity index (χ0) is 13.0. The second-order valence-electron chi connectivity index (χ2n) is 6.25. The van der Waals surface area contributed by atoms with Gasteiger partial charge in [-0.3, -0.25) is 0 Å². The van der Waals surface area contributed by atoms with E-state index in [1.807, 2.05) is 18.2 Å². The minimum absolute atomic E-state index is 0.0809. The maximum atomic E-state index is 9.55. The van der Waals surface area contributed by atoms with Gasteiger partial charge in [0.2, 0.25) is 0 Å². The number of aliphatic hydroxyl groups is 1. The standard InChI is InChI=1S/C16H25NO/c1-16(2)10-8-14(9-11-16)17-15(12-18)13-6-4-3-5-7-13/h3-7,14-15,17-18H,8-12H2,1-2H3/t15-/m1/s1. The van der Waals surface area contributed by atoms with Gasteiger partial charge < -0.3 is 10.4 Å². The molecule has 2 rings (SSSR count). The molecule has 1 aliphatic carbocycles. The van der Waals surface area contributed by atoms with E-state index in [-0.39, 0.29) is 12.6 Å². The fourth-order valence-corrected chi connectivity index (χ4v) is 2.79. The Morgan fingerprint density at radius 2 is 1.83 bits per heavy atom. The van der Waals surface area contributed by atoms with Crippen molar-refractivity contribution in [3.05, 3.63) is 35.9 Å². The first-order chi connectivity index (χ1) is 8.61. The van der Waals surface area contributed by atoms with Crippen LogP contribution < -0.4 is 5.32 Å². The third-order valence-corrected chi connectivity index (χ3v) is 4.16. The van der Waals surface area contributed by atoms with Gasteiger partial charge in [0.15, 0.2) is 0 Å². The maximum Gasteiger partial charge on any atom is 0.0626 e. The van der Waals surface area contributed by atoms with Gasteiger partial charge >= 0.3 is 0 Å². The molecule has 1 aliphatic rings. The molecule has 0 unspecified atom stereocenters.